The highest BCUT2D eigenvalue weighted by Crippen LogP contribution is 2.26. The minimum atomic E-state index is -0.899. The summed E-state index contributed by atoms with van der Waals surface area (Å²) in [6, 6.07) is 4.65. The van der Waals surface area contributed by atoms with Crippen molar-refractivity contribution in [1.82, 2.24) is 9.80 Å². The average molecular weight is 371 g/mol. The zero-order valence-electron chi connectivity index (χ0n) is 14.6. The Morgan fingerprint density at radius 2 is 1.84 bits per heavy atom. The number of piperazine rings is 1. The van der Waals surface area contributed by atoms with Gasteiger partial charge in [0, 0.05) is 49.7 Å². The molecule has 0 aliphatic carbocycles. The molecule has 1 saturated heterocycles. The van der Waals surface area contributed by atoms with E-state index in [9.17, 15) is 14.0 Å². The molecule has 0 aromatic heterocycles. The van der Waals surface area contributed by atoms with Gasteiger partial charge in [0.05, 0.1) is 6.42 Å². The summed E-state index contributed by atoms with van der Waals surface area (Å²) >= 11 is 6.06. The fourth-order valence-electron chi connectivity index (χ4n) is 3.06. The van der Waals surface area contributed by atoms with E-state index in [4.69, 9.17) is 16.7 Å². The highest BCUT2D eigenvalue weighted by atomic mass is 35.5. The van der Waals surface area contributed by atoms with Crippen molar-refractivity contribution in [3.63, 3.8) is 0 Å². The summed E-state index contributed by atoms with van der Waals surface area (Å²) < 4.78 is 13.9. The molecule has 5 nitrogen and oxygen atoms in total. The van der Waals surface area contributed by atoms with Gasteiger partial charge in [-0.3, -0.25) is 14.5 Å². The molecule has 1 N–H and O–H groups in total. The van der Waals surface area contributed by atoms with Gasteiger partial charge in [-0.2, -0.15) is 0 Å². The van der Waals surface area contributed by atoms with Crippen LogP contribution >= 0.6 is 11.6 Å². The van der Waals surface area contributed by atoms with Gasteiger partial charge >= 0.3 is 5.97 Å². The molecular formula is C18H24ClFN2O3. The minimum Gasteiger partial charge on any atom is -0.481 e. The van der Waals surface area contributed by atoms with Gasteiger partial charge < -0.3 is 10.0 Å². The Labute approximate surface area is 152 Å². The van der Waals surface area contributed by atoms with E-state index >= 15 is 0 Å². The van der Waals surface area contributed by atoms with Gasteiger partial charge in [-0.25, -0.2) is 4.39 Å². The second-order valence-corrected chi connectivity index (χ2v) is 7.68. The molecule has 0 spiro atoms. The summed E-state index contributed by atoms with van der Waals surface area (Å²) in [6.45, 7) is 6.36. The standard InChI is InChI=1S/C18H24ClFN2O3/c1-18(2,11-17(24)25)10-16(23)22-8-6-21(7-9-22)12-13-14(19)4-3-5-15(13)20/h3-5H,6-12H2,1-2H3,(H,24,25). The maximum absolute atomic E-state index is 13.9. The first kappa shape index (κ1) is 19.7. The van der Waals surface area contributed by atoms with E-state index in [0.29, 0.717) is 43.3 Å². The largest absolute Gasteiger partial charge is 0.481 e. The number of carboxylic acids is 1. The summed E-state index contributed by atoms with van der Waals surface area (Å²) in [7, 11) is 0. The summed E-state index contributed by atoms with van der Waals surface area (Å²) in [4.78, 5) is 27.1. The molecule has 1 aromatic carbocycles. The number of carbonyl (C=O) groups is 2. The first-order chi connectivity index (χ1) is 11.7. The molecule has 0 saturated carbocycles. The van der Waals surface area contributed by atoms with Crippen molar-refractivity contribution in [3.05, 3.63) is 34.6 Å². The van der Waals surface area contributed by atoms with Crippen LogP contribution in [0.5, 0.6) is 0 Å². The van der Waals surface area contributed by atoms with Gasteiger partial charge in [0.25, 0.3) is 0 Å². The summed E-state index contributed by atoms with van der Waals surface area (Å²) in [6.07, 6.45) is 0.170. The topological polar surface area (TPSA) is 60.9 Å². The van der Waals surface area contributed by atoms with Crippen LogP contribution in [0.25, 0.3) is 0 Å². The number of amides is 1. The van der Waals surface area contributed by atoms with Gasteiger partial charge in [-0.05, 0) is 17.5 Å². The van der Waals surface area contributed by atoms with Crippen LogP contribution in [0.2, 0.25) is 5.02 Å². The molecule has 2 rings (SSSR count). The predicted molar refractivity (Wildman–Crippen MR) is 93.9 cm³/mol. The van der Waals surface area contributed by atoms with E-state index in [2.05, 4.69) is 4.90 Å². The molecule has 1 aromatic rings. The Balaban J connectivity index is 1.87. The third kappa shape index (κ3) is 5.68. The second-order valence-electron chi connectivity index (χ2n) is 7.27. The van der Waals surface area contributed by atoms with Crippen LogP contribution in [0, 0.1) is 11.2 Å². The molecule has 7 heteroatoms. The van der Waals surface area contributed by atoms with Crippen molar-refractivity contribution in [2.24, 2.45) is 5.41 Å². The van der Waals surface area contributed by atoms with Gasteiger partial charge in [-0.1, -0.05) is 31.5 Å². The molecule has 1 fully saturated rings. The lowest BCUT2D eigenvalue weighted by molar-refractivity contribution is -0.141. The monoisotopic (exact) mass is 370 g/mol. The Morgan fingerprint density at radius 1 is 1.20 bits per heavy atom. The second kappa shape index (κ2) is 8.15. The smallest absolute Gasteiger partial charge is 0.303 e. The van der Waals surface area contributed by atoms with Gasteiger partial charge in [0.15, 0.2) is 0 Å². The number of halogens is 2. The first-order valence-corrected chi connectivity index (χ1v) is 8.70. The lowest BCUT2D eigenvalue weighted by Crippen LogP contribution is -2.49. The van der Waals surface area contributed by atoms with Crippen molar-refractivity contribution in [2.45, 2.75) is 33.2 Å². The summed E-state index contributed by atoms with van der Waals surface area (Å²) in [5.41, 5.74) is -0.0904. The Morgan fingerprint density at radius 3 is 2.40 bits per heavy atom. The quantitative estimate of drug-likeness (QED) is 0.836. The van der Waals surface area contributed by atoms with Crippen LogP contribution in [0.1, 0.15) is 32.3 Å². The molecule has 0 unspecified atom stereocenters. The van der Waals surface area contributed by atoms with Crippen LogP contribution in [0.15, 0.2) is 18.2 Å². The SMILES string of the molecule is CC(C)(CC(=O)O)CC(=O)N1CCN(Cc2c(F)cccc2Cl)CC1. The zero-order chi connectivity index (χ0) is 18.6. The molecule has 0 radical (unpaired) electrons. The lowest BCUT2D eigenvalue weighted by Gasteiger charge is -2.36. The van der Waals surface area contributed by atoms with Crippen molar-refractivity contribution in [3.8, 4) is 0 Å². The van der Waals surface area contributed by atoms with Crippen LogP contribution < -0.4 is 0 Å². The van der Waals surface area contributed by atoms with Crippen LogP contribution in [-0.2, 0) is 16.1 Å². The van der Waals surface area contributed by atoms with E-state index < -0.39 is 11.4 Å². The summed E-state index contributed by atoms with van der Waals surface area (Å²) in [5.74, 6) is -1.25. The third-order valence-corrected chi connectivity index (χ3v) is 4.78. The first-order valence-electron chi connectivity index (χ1n) is 8.33. The molecule has 0 bridgehead atoms. The maximum atomic E-state index is 13.9. The number of benzene rings is 1. The number of rotatable bonds is 6. The lowest BCUT2D eigenvalue weighted by atomic mass is 9.85. The highest BCUT2D eigenvalue weighted by Gasteiger charge is 2.29. The van der Waals surface area contributed by atoms with Crippen LogP contribution in [0.3, 0.4) is 0 Å². The van der Waals surface area contributed by atoms with Gasteiger partial charge in [-0.15, -0.1) is 0 Å². The van der Waals surface area contributed by atoms with Crippen molar-refractivity contribution in [2.75, 3.05) is 26.2 Å². The molecule has 1 aliphatic rings. The molecule has 1 heterocycles. The number of hydrogen-bond donors (Lipinski definition) is 1. The Hall–Kier alpha value is -1.66. The number of carbonyl (C=O) groups excluding carboxylic acids is 1. The number of nitrogens with zero attached hydrogens (tertiary/aromatic N) is 2. The fourth-order valence-corrected chi connectivity index (χ4v) is 3.28. The van der Waals surface area contributed by atoms with Gasteiger partial charge in [0.2, 0.25) is 5.91 Å². The van der Waals surface area contributed by atoms with E-state index in [0.717, 1.165) is 0 Å². The highest BCUT2D eigenvalue weighted by molar-refractivity contribution is 6.31. The zero-order valence-corrected chi connectivity index (χ0v) is 15.4. The molecule has 1 amide bonds. The fraction of sp³-hybridized carbons (Fsp3) is 0.556. The summed E-state index contributed by atoms with van der Waals surface area (Å²) in [5, 5.41) is 9.33. The molecular weight excluding hydrogens is 347 g/mol. The number of carboxylic acid groups (broad SMARTS) is 1. The predicted octanol–water partition coefficient (Wildman–Crippen LogP) is 3.01. The van der Waals surface area contributed by atoms with E-state index in [1.807, 2.05) is 0 Å². The van der Waals surface area contributed by atoms with Crippen LogP contribution in [0.4, 0.5) is 4.39 Å². The molecule has 1 aliphatic heterocycles. The molecule has 25 heavy (non-hydrogen) atoms. The van der Waals surface area contributed by atoms with Gasteiger partial charge in [0.1, 0.15) is 5.82 Å². The maximum Gasteiger partial charge on any atom is 0.303 e. The van der Waals surface area contributed by atoms with Crippen molar-refractivity contribution < 1.29 is 19.1 Å². The Kier molecular flexibility index (Phi) is 6.41. The van der Waals surface area contributed by atoms with E-state index in [-0.39, 0.29) is 24.6 Å². The van der Waals surface area contributed by atoms with Crippen LogP contribution in [-0.4, -0.2) is 53.0 Å². The molecule has 0 atom stereocenters. The minimum absolute atomic E-state index is 0.0326. The van der Waals surface area contributed by atoms with E-state index in [1.54, 1.807) is 30.9 Å². The number of hydrogen-bond acceptors (Lipinski definition) is 3. The number of aliphatic carboxylic acids is 1. The normalized spacial score (nSPS) is 16.1. The van der Waals surface area contributed by atoms with E-state index in [1.165, 1.54) is 6.07 Å². The Bertz CT molecular complexity index is 623. The molecule has 138 valence electrons. The van der Waals surface area contributed by atoms with Crippen molar-refractivity contribution >= 4 is 23.5 Å². The average Bonchev–Trinajstić information content (AvgIpc) is 2.50. The third-order valence-electron chi connectivity index (χ3n) is 4.43. The van der Waals surface area contributed by atoms with Crippen molar-refractivity contribution in [1.29, 1.82) is 0 Å².